The van der Waals surface area contributed by atoms with Crippen molar-refractivity contribution >= 4 is 64.6 Å². The van der Waals surface area contributed by atoms with Crippen molar-refractivity contribution in [3.63, 3.8) is 0 Å². The second-order valence-corrected chi connectivity index (χ2v) is 17.6. The monoisotopic (exact) mass is 681 g/mol. The summed E-state index contributed by atoms with van der Waals surface area (Å²) in [6.45, 7) is 12.1. The molecule has 1 saturated carbocycles. The van der Waals surface area contributed by atoms with E-state index in [1.54, 1.807) is 26.2 Å². The molecule has 242 valence electrons. The number of phosphoric ester groups is 1. The van der Waals surface area contributed by atoms with Gasteiger partial charge >= 0.3 is 7.82 Å². The van der Waals surface area contributed by atoms with Gasteiger partial charge in [0.2, 0.25) is 5.95 Å². The number of nitrogen functional groups attached to an aromatic ring is 1. The molecule has 0 bridgehead atoms. The van der Waals surface area contributed by atoms with E-state index in [0.29, 0.717) is 4.88 Å². The van der Waals surface area contributed by atoms with Gasteiger partial charge in [0, 0.05) is 22.3 Å². The highest BCUT2D eigenvalue weighted by atomic mass is 32.2. The number of hydrogen-bond acceptors (Lipinski definition) is 15. The summed E-state index contributed by atoms with van der Waals surface area (Å²) in [4.78, 5) is 31.5. The Morgan fingerprint density at radius 3 is 2.42 bits per heavy atom. The van der Waals surface area contributed by atoms with E-state index in [-0.39, 0.29) is 52.1 Å². The van der Waals surface area contributed by atoms with Crippen LogP contribution in [0.1, 0.15) is 59.4 Å². The first-order valence-electron chi connectivity index (χ1n) is 13.6. The van der Waals surface area contributed by atoms with Gasteiger partial charge < -0.3 is 25.8 Å². The van der Waals surface area contributed by atoms with Crippen LogP contribution >= 0.6 is 42.7 Å². The molecule has 2 aromatic rings. The number of hydrogen-bond donors (Lipinski definition) is 5. The lowest BCUT2D eigenvalue weighted by atomic mass is 9.90. The Morgan fingerprint density at radius 2 is 1.86 bits per heavy atom. The van der Waals surface area contributed by atoms with Crippen molar-refractivity contribution in [3.05, 3.63) is 20.6 Å². The zero-order valence-corrected chi connectivity index (χ0v) is 28.5. The molecule has 2 aliphatic rings. The van der Waals surface area contributed by atoms with Crippen molar-refractivity contribution in [1.29, 1.82) is 0 Å². The Hall–Kier alpha value is -1.04. The van der Waals surface area contributed by atoms with Crippen LogP contribution in [0.25, 0.3) is 10.9 Å². The molecule has 1 aliphatic carbocycles. The molecule has 2 fully saturated rings. The zero-order chi connectivity index (χ0) is 32.2. The third-order valence-electron chi connectivity index (χ3n) is 7.16. The van der Waals surface area contributed by atoms with E-state index in [0.717, 1.165) is 23.1 Å². The average Bonchev–Trinajstić information content (AvgIpc) is 3.14. The molecular formula is C26H40N3O10PS3. The summed E-state index contributed by atoms with van der Waals surface area (Å²) >= 11 is 3.36. The zero-order valence-electron chi connectivity index (χ0n) is 25.1. The Kier molecular flexibility index (Phi) is 9.95. The van der Waals surface area contributed by atoms with Crippen LogP contribution in [0.5, 0.6) is 0 Å². The molecule has 13 nitrogen and oxygen atoms in total. The number of aliphatic hydroxyl groups excluding tert-OH is 1. The molecule has 0 spiro atoms. The molecule has 17 heteroatoms. The molecule has 4 rings (SSSR count). The van der Waals surface area contributed by atoms with E-state index < -0.39 is 53.7 Å². The highest BCUT2D eigenvalue weighted by Gasteiger charge is 2.84. The normalized spacial score (nSPS) is 29.4. The van der Waals surface area contributed by atoms with Crippen LogP contribution < -0.4 is 11.3 Å². The lowest BCUT2D eigenvalue weighted by molar-refractivity contribution is -0.132. The lowest BCUT2D eigenvalue weighted by Crippen LogP contribution is -2.47. The van der Waals surface area contributed by atoms with Crippen molar-refractivity contribution < 1.29 is 43.0 Å². The van der Waals surface area contributed by atoms with Gasteiger partial charge in [0.15, 0.2) is 10.7 Å². The van der Waals surface area contributed by atoms with Crippen LogP contribution in [0.2, 0.25) is 0 Å². The summed E-state index contributed by atoms with van der Waals surface area (Å²) in [5.74, 6) is 0.340. The molecule has 7 atom stereocenters. The number of carbonyl (C=O) groups is 1. The number of aromatic amines is 1. The van der Waals surface area contributed by atoms with Gasteiger partial charge in [0.05, 0.1) is 29.0 Å². The highest BCUT2D eigenvalue weighted by molar-refractivity contribution is 8.13. The van der Waals surface area contributed by atoms with E-state index in [1.807, 2.05) is 20.8 Å². The molecule has 0 radical (unpaired) electrons. The highest BCUT2D eigenvalue weighted by Crippen LogP contribution is 2.67. The SMILES string of the molecule is CC(C)(C)C(=O)SCCOP(=O)(OCCSC(O)C(C)(C)C)OC1C2OC(c3scc4c(=O)[nH]c(N)nc34)C(C)(O)C21O. The summed E-state index contributed by atoms with van der Waals surface area (Å²) in [5, 5.41) is 35.1. The van der Waals surface area contributed by atoms with Gasteiger partial charge in [-0.3, -0.25) is 28.1 Å². The number of aliphatic hydroxyl groups is 3. The second kappa shape index (κ2) is 12.3. The Morgan fingerprint density at radius 1 is 1.23 bits per heavy atom. The fraction of sp³-hybridized carbons (Fsp3) is 0.731. The molecule has 7 unspecified atom stereocenters. The van der Waals surface area contributed by atoms with Crippen molar-refractivity contribution in [2.75, 3.05) is 30.5 Å². The van der Waals surface area contributed by atoms with E-state index in [2.05, 4.69) is 9.97 Å². The number of thiophene rings is 1. The van der Waals surface area contributed by atoms with Gasteiger partial charge in [-0.05, 0) is 12.3 Å². The molecule has 3 heterocycles. The van der Waals surface area contributed by atoms with Crippen LogP contribution in [-0.4, -0.2) is 84.0 Å². The minimum atomic E-state index is -4.34. The van der Waals surface area contributed by atoms with Crippen molar-refractivity contribution in [2.45, 2.75) is 83.4 Å². The Balaban J connectivity index is 1.46. The van der Waals surface area contributed by atoms with E-state index in [1.165, 1.54) is 18.7 Å². The smallest absolute Gasteiger partial charge is 0.384 e. The number of phosphoric acid groups is 1. The van der Waals surface area contributed by atoms with E-state index in [9.17, 15) is 29.5 Å². The lowest BCUT2D eigenvalue weighted by Gasteiger charge is -2.32. The van der Waals surface area contributed by atoms with Gasteiger partial charge in [-0.15, -0.1) is 23.1 Å². The first kappa shape index (κ1) is 34.8. The minimum absolute atomic E-state index is 0.0683. The summed E-state index contributed by atoms with van der Waals surface area (Å²) < 4.78 is 36.6. The predicted octanol–water partition coefficient (Wildman–Crippen LogP) is 3.43. The maximum Gasteiger partial charge on any atom is 0.475 e. The van der Waals surface area contributed by atoms with Gasteiger partial charge in [0.1, 0.15) is 29.3 Å². The van der Waals surface area contributed by atoms with Crippen LogP contribution in [0.4, 0.5) is 5.95 Å². The van der Waals surface area contributed by atoms with Crippen LogP contribution in [0.3, 0.4) is 0 Å². The van der Waals surface area contributed by atoms with E-state index in [4.69, 9.17) is 24.0 Å². The first-order chi connectivity index (χ1) is 19.7. The molecule has 43 heavy (non-hydrogen) atoms. The fourth-order valence-electron chi connectivity index (χ4n) is 4.46. The van der Waals surface area contributed by atoms with Crippen molar-refractivity contribution in [1.82, 2.24) is 9.97 Å². The number of aromatic nitrogens is 2. The standard InChI is InChI=1S/C26H40N3O10PS3/c1-23(2,3)20(31)41-10-8-36-40(35,37-9-11-42-21(32)24(4,5)6)39-18-17-26(18,34)25(7,33)16(38-17)15-14-13(12-43-15)19(30)29-22(27)28-14/h12,16-18,20,31,33-34H,8-11H2,1-7H3,(H3,27,28,29,30). The molecule has 0 amide bonds. The van der Waals surface area contributed by atoms with Crippen LogP contribution in [0.15, 0.2) is 10.2 Å². The molecule has 2 aromatic heterocycles. The molecular weight excluding hydrogens is 641 g/mol. The third-order valence-corrected chi connectivity index (χ3v) is 12.3. The topological polar surface area (TPSA) is 204 Å². The van der Waals surface area contributed by atoms with Crippen LogP contribution in [0, 0.1) is 10.8 Å². The third kappa shape index (κ3) is 7.04. The number of nitrogens with zero attached hydrogens (tertiary/aromatic N) is 1. The number of anilines is 1. The number of ether oxygens (including phenoxy) is 1. The Labute approximate surface area is 262 Å². The van der Waals surface area contributed by atoms with Gasteiger partial charge in [-0.25, -0.2) is 9.55 Å². The first-order valence-corrected chi connectivity index (χ1v) is 18.0. The Bertz CT molecular complexity index is 1450. The summed E-state index contributed by atoms with van der Waals surface area (Å²) in [6.07, 6.45) is -3.46. The summed E-state index contributed by atoms with van der Waals surface area (Å²) in [7, 11) is -4.34. The summed E-state index contributed by atoms with van der Waals surface area (Å²) in [5.41, 5.74) is -0.0702. The number of nitrogens with one attached hydrogen (secondary N) is 1. The van der Waals surface area contributed by atoms with Gasteiger partial charge in [0.25, 0.3) is 5.56 Å². The molecule has 6 N–H and O–H groups in total. The van der Waals surface area contributed by atoms with Crippen LogP contribution in [-0.2, 0) is 27.7 Å². The quantitative estimate of drug-likeness (QED) is 0.124. The number of thioether (sulfide) groups is 2. The number of H-pyrrole nitrogens is 1. The van der Waals surface area contributed by atoms with Gasteiger partial charge in [-0.1, -0.05) is 53.3 Å². The number of carbonyl (C=O) groups excluding carboxylic acids is 1. The molecule has 1 saturated heterocycles. The fourth-order valence-corrected chi connectivity index (χ4v) is 8.91. The number of nitrogens with two attached hydrogens (primary N) is 1. The maximum absolute atomic E-state index is 13.8. The van der Waals surface area contributed by atoms with E-state index >= 15 is 0 Å². The predicted molar refractivity (Wildman–Crippen MR) is 167 cm³/mol. The summed E-state index contributed by atoms with van der Waals surface area (Å²) in [6, 6.07) is 0. The second-order valence-electron chi connectivity index (χ2n) is 12.8. The molecule has 0 aromatic carbocycles. The average molecular weight is 682 g/mol. The van der Waals surface area contributed by atoms with Crippen molar-refractivity contribution in [3.8, 4) is 0 Å². The van der Waals surface area contributed by atoms with Gasteiger partial charge in [-0.2, -0.15) is 0 Å². The minimum Gasteiger partial charge on any atom is -0.384 e. The maximum atomic E-state index is 13.8. The number of rotatable bonds is 12. The largest absolute Gasteiger partial charge is 0.475 e. The number of fused-ring (bicyclic) bond motifs is 2. The molecule has 1 aliphatic heterocycles. The van der Waals surface area contributed by atoms with Crippen molar-refractivity contribution in [2.24, 2.45) is 10.8 Å².